The number of benzene rings is 1. The zero-order valence-electron chi connectivity index (χ0n) is 11.8. The Hall–Kier alpha value is -1.60. The van der Waals surface area contributed by atoms with Crippen molar-refractivity contribution in [3.8, 4) is 5.75 Å². The normalized spacial score (nSPS) is 12.8. The van der Waals surface area contributed by atoms with Gasteiger partial charge in [-0.1, -0.05) is 6.07 Å². The van der Waals surface area contributed by atoms with Gasteiger partial charge in [0, 0.05) is 13.7 Å². The Labute approximate surface area is 119 Å². The maximum Gasteiger partial charge on any atom is 0.238 e. The quantitative estimate of drug-likeness (QED) is 0.747. The first-order valence-electron chi connectivity index (χ1n) is 6.08. The van der Waals surface area contributed by atoms with Crippen molar-refractivity contribution in [1.29, 1.82) is 0 Å². The molecule has 1 rings (SSSR count). The van der Waals surface area contributed by atoms with Crippen LogP contribution in [0.4, 0.5) is 0 Å². The summed E-state index contributed by atoms with van der Waals surface area (Å²) in [5, 5.41) is 1.34. The van der Waals surface area contributed by atoms with E-state index >= 15 is 0 Å². The first kappa shape index (κ1) is 16.5. The summed E-state index contributed by atoms with van der Waals surface area (Å²) in [5.74, 6) is -0.122. The van der Waals surface area contributed by atoms with E-state index in [1.165, 1.54) is 33.3 Å². The van der Waals surface area contributed by atoms with Crippen LogP contribution in [0.3, 0.4) is 0 Å². The van der Waals surface area contributed by atoms with Gasteiger partial charge in [-0.3, -0.25) is 4.79 Å². The van der Waals surface area contributed by atoms with Crippen LogP contribution in [0, 0.1) is 0 Å². The van der Waals surface area contributed by atoms with Gasteiger partial charge in [0.25, 0.3) is 0 Å². The molecule has 0 fully saturated rings. The highest BCUT2D eigenvalue weighted by Gasteiger charge is 2.29. The number of carbonyl (C=O) groups is 1. The summed E-state index contributed by atoms with van der Waals surface area (Å²) >= 11 is 0. The standard InChI is InChI=1S/C13H19NO5S/c1-10(13(15)14-7-8-18-2)20(16,17)12-6-4-5-11(9-12)19-3/h4-6,9-10H,7-8H2,1-3H3,(H,14,15)/t10-/m0/s1. The molecule has 0 bridgehead atoms. The van der Waals surface area contributed by atoms with E-state index < -0.39 is 21.0 Å². The molecule has 0 saturated carbocycles. The lowest BCUT2D eigenvalue weighted by atomic mass is 10.3. The lowest BCUT2D eigenvalue weighted by Gasteiger charge is -2.13. The smallest absolute Gasteiger partial charge is 0.238 e. The fourth-order valence-corrected chi connectivity index (χ4v) is 2.87. The van der Waals surface area contributed by atoms with E-state index in [-0.39, 0.29) is 11.4 Å². The van der Waals surface area contributed by atoms with E-state index in [0.29, 0.717) is 12.4 Å². The highest BCUT2D eigenvalue weighted by atomic mass is 32.2. The third kappa shape index (κ3) is 3.94. The van der Waals surface area contributed by atoms with Crippen molar-refractivity contribution in [3.63, 3.8) is 0 Å². The second-order valence-corrected chi connectivity index (χ2v) is 6.42. The zero-order valence-corrected chi connectivity index (χ0v) is 12.6. The monoisotopic (exact) mass is 301 g/mol. The maximum atomic E-state index is 12.3. The minimum atomic E-state index is -3.74. The van der Waals surface area contributed by atoms with Crippen LogP contribution in [0.1, 0.15) is 6.92 Å². The number of methoxy groups -OCH3 is 2. The Bertz CT molecular complexity index is 556. The molecule has 0 aliphatic heterocycles. The van der Waals surface area contributed by atoms with Gasteiger partial charge in [-0.2, -0.15) is 0 Å². The van der Waals surface area contributed by atoms with E-state index in [2.05, 4.69) is 5.32 Å². The van der Waals surface area contributed by atoms with Gasteiger partial charge in [0.2, 0.25) is 5.91 Å². The molecule has 0 aliphatic carbocycles. The number of hydrogen-bond acceptors (Lipinski definition) is 5. The zero-order chi connectivity index (χ0) is 15.2. The molecule has 1 N–H and O–H groups in total. The van der Waals surface area contributed by atoms with Crippen LogP contribution >= 0.6 is 0 Å². The minimum absolute atomic E-state index is 0.0613. The molecule has 112 valence electrons. The van der Waals surface area contributed by atoms with Crippen LogP contribution in [-0.2, 0) is 19.4 Å². The third-order valence-corrected chi connectivity index (χ3v) is 4.87. The minimum Gasteiger partial charge on any atom is -0.497 e. The molecule has 0 radical (unpaired) electrons. The van der Waals surface area contributed by atoms with Crippen LogP contribution in [-0.4, -0.2) is 46.9 Å². The van der Waals surface area contributed by atoms with Crippen LogP contribution in [0.2, 0.25) is 0 Å². The van der Waals surface area contributed by atoms with Gasteiger partial charge in [-0.15, -0.1) is 0 Å². The molecule has 6 nitrogen and oxygen atoms in total. The Kier molecular flexibility index (Phi) is 5.97. The Morgan fingerprint density at radius 2 is 2.05 bits per heavy atom. The van der Waals surface area contributed by atoms with Crippen molar-refractivity contribution < 1.29 is 22.7 Å². The molecular formula is C13H19NO5S. The Morgan fingerprint density at radius 1 is 1.35 bits per heavy atom. The second-order valence-electron chi connectivity index (χ2n) is 4.15. The number of amides is 1. The molecule has 7 heteroatoms. The van der Waals surface area contributed by atoms with E-state index in [0.717, 1.165) is 0 Å². The van der Waals surface area contributed by atoms with Crippen molar-refractivity contribution in [2.45, 2.75) is 17.1 Å². The highest BCUT2D eigenvalue weighted by Crippen LogP contribution is 2.21. The average Bonchev–Trinajstić information content (AvgIpc) is 2.46. The highest BCUT2D eigenvalue weighted by molar-refractivity contribution is 7.92. The SMILES string of the molecule is COCCNC(=O)[C@H](C)S(=O)(=O)c1cccc(OC)c1. The van der Waals surface area contributed by atoms with Gasteiger partial charge in [0.05, 0.1) is 18.6 Å². The van der Waals surface area contributed by atoms with Gasteiger partial charge in [-0.25, -0.2) is 8.42 Å². The van der Waals surface area contributed by atoms with Crippen molar-refractivity contribution in [1.82, 2.24) is 5.32 Å². The largest absolute Gasteiger partial charge is 0.497 e. The second kappa shape index (κ2) is 7.25. The van der Waals surface area contributed by atoms with E-state index in [4.69, 9.17) is 9.47 Å². The average molecular weight is 301 g/mol. The summed E-state index contributed by atoms with van der Waals surface area (Å²) in [5.41, 5.74) is 0. The summed E-state index contributed by atoms with van der Waals surface area (Å²) in [6, 6.07) is 6.05. The summed E-state index contributed by atoms with van der Waals surface area (Å²) in [7, 11) is -0.787. The van der Waals surface area contributed by atoms with Crippen LogP contribution < -0.4 is 10.1 Å². The molecule has 0 heterocycles. The van der Waals surface area contributed by atoms with Crippen molar-refractivity contribution in [3.05, 3.63) is 24.3 Å². The molecule has 0 aliphatic rings. The lowest BCUT2D eigenvalue weighted by molar-refractivity contribution is -0.120. The number of ether oxygens (including phenoxy) is 2. The number of nitrogens with one attached hydrogen (secondary N) is 1. The molecule has 0 spiro atoms. The van der Waals surface area contributed by atoms with Gasteiger partial charge < -0.3 is 14.8 Å². The number of hydrogen-bond donors (Lipinski definition) is 1. The van der Waals surface area contributed by atoms with E-state index in [9.17, 15) is 13.2 Å². The van der Waals surface area contributed by atoms with Gasteiger partial charge in [-0.05, 0) is 25.1 Å². The van der Waals surface area contributed by atoms with Crippen molar-refractivity contribution in [2.75, 3.05) is 27.4 Å². The molecule has 0 saturated heterocycles. The molecule has 1 amide bonds. The van der Waals surface area contributed by atoms with Gasteiger partial charge in [0.1, 0.15) is 11.0 Å². The molecular weight excluding hydrogens is 282 g/mol. The number of rotatable bonds is 7. The fraction of sp³-hybridized carbons (Fsp3) is 0.462. The molecule has 1 aromatic rings. The topological polar surface area (TPSA) is 81.7 Å². The fourth-order valence-electron chi connectivity index (χ4n) is 1.54. The van der Waals surface area contributed by atoms with Gasteiger partial charge >= 0.3 is 0 Å². The lowest BCUT2D eigenvalue weighted by Crippen LogP contribution is -2.39. The van der Waals surface area contributed by atoms with Gasteiger partial charge in [0.15, 0.2) is 9.84 Å². The molecule has 1 atom stereocenters. The summed E-state index contributed by atoms with van der Waals surface area (Å²) < 4.78 is 34.4. The Balaban J connectivity index is 2.88. The number of carbonyl (C=O) groups excluding carboxylic acids is 1. The number of sulfone groups is 1. The predicted octanol–water partition coefficient (Wildman–Crippen LogP) is 0.620. The van der Waals surface area contributed by atoms with Crippen molar-refractivity contribution >= 4 is 15.7 Å². The van der Waals surface area contributed by atoms with Crippen molar-refractivity contribution in [2.24, 2.45) is 0 Å². The Morgan fingerprint density at radius 3 is 2.65 bits per heavy atom. The third-order valence-electron chi connectivity index (χ3n) is 2.81. The van der Waals surface area contributed by atoms with Crippen LogP contribution in [0.25, 0.3) is 0 Å². The summed E-state index contributed by atoms with van der Waals surface area (Å²) in [6.45, 7) is 1.96. The molecule has 20 heavy (non-hydrogen) atoms. The van der Waals surface area contributed by atoms with Crippen LogP contribution in [0.5, 0.6) is 5.75 Å². The summed E-state index contributed by atoms with van der Waals surface area (Å²) in [4.78, 5) is 11.9. The van der Waals surface area contributed by atoms with E-state index in [1.807, 2.05) is 0 Å². The first-order valence-corrected chi connectivity index (χ1v) is 7.62. The first-order chi connectivity index (χ1) is 9.43. The van der Waals surface area contributed by atoms with E-state index in [1.54, 1.807) is 12.1 Å². The maximum absolute atomic E-state index is 12.3. The van der Waals surface area contributed by atoms with Crippen LogP contribution in [0.15, 0.2) is 29.2 Å². The molecule has 0 unspecified atom stereocenters. The summed E-state index contributed by atoms with van der Waals surface area (Å²) in [6.07, 6.45) is 0. The molecule has 1 aromatic carbocycles. The molecule has 0 aromatic heterocycles. The predicted molar refractivity (Wildman–Crippen MR) is 74.5 cm³/mol.